The van der Waals surface area contributed by atoms with Gasteiger partial charge in [0.2, 0.25) is 0 Å². The standard InChI is InChI=1S/C19H40I2N4/c22-13-4-2-1-3-12-20-24-14-8-18(9-15-24)6-5-7-19-10-16-25(21-23)17-11-19/h18-19H,1-17,22-23H2/q-2. The van der Waals surface area contributed by atoms with Gasteiger partial charge in [0.05, 0.1) is 0 Å². The Kier molecular flexibility index (Phi) is 12.9. The quantitative estimate of drug-likeness (QED) is 0.112. The molecule has 0 atom stereocenters. The molecule has 6 heteroatoms. The van der Waals surface area contributed by atoms with Crippen LogP contribution in [0.5, 0.6) is 0 Å². The van der Waals surface area contributed by atoms with E-state index < -0.39 is 0 Å². The molecule has 4 nitrogen and oxygen atoms in total. The van der Waals surface area contributed by atoms with Gasteiger partial charge < -0.3 is 0 Å². The van der Waals surface area contributed by atoms with Crippen LogP contribution in [0, 0.1) is 11.8 Å². The van der Waals surface area contributed by atoms with E-state index in [1.165, 1.54) is 101 Å². The zero-order valence-electron chi connectivity index (χ0n) is 16.0. The molecule has 0 unspecified atom stereocenters. The number of piperidine rings is 2. The Balaban J connectivity index is 1.43. The van der Waals surface area contributed by atoms with Crippen LogP contribution in [0.25, 0.3) is 0 Å². The Hall–Kier alpha value is 1.30. The van der Waals surface area contributed by atoms with Crippen molar-refractivity contribution in [2.24, 2.45) is 21.5 Å². The van der Waals surface area contributed by atoms with E-state index in [0.29, 0.717) is 21.5 Å². The third-order valence-corrected chi connectivity index (χ3v) is 10.8. The first-order chi connectivity index (χ1) is 12.3. The van der Waals surface area contributed by atoms with E-state index in [0.717, 1.165) is 18.4 Å². The van der Waals surface area contributed by atoms with Crippen molar-refractivity contribution >= 4 is 0 Å². The summed E-state index contributed by atoms with van der Waals surface area (Å²) in [4.78, 5) is 0. The summed E-state index contributed by atoms with van der Waals surface area (Å²) < 4.78 is 12.7. The van der Waals surface area contributed by atoms with Crippen molar-refractivity contribution in [3.63, 3.8) is 0 Å². The Labute approximate surface area is 177 Å². The van der Waals surface area contributed by atoms with Crippen molar-refractivity contribution < 1.29 is 43.2 Å². The van der Waals surface area contributed by atoms with Crippen LogP contribution in [-0.2, 0) is 0 Å². The van der Waals surface area contributed by atoms with Crippen molar-refractivity contribution in [3.05, 3.63) is 0 Å². The molecule has 2 fully saturated rings. The van der Waals surface area contributed by atoms with Gasteiger partial charge in [-0.25, -0.2) is 0 Å². The third kappa shape index (κ3) is 9.87. The molecule has 2 rings (SSSR count). The van der Waals surface area contributed by atoms with Crippen LogP contribution in [0.2, 0.25) is 0 Å². The summed E-state index contributed by atoms with van der Waals surface area (Å²) in [5, 5.41) is 0. The first kappa shape index (κ1) is 22.6. The summed E-state index contributed by atoms with van der Waals surface area (Å²) in [7, 11) is 0. The number of hydrogen-bond acceptors (Lipinski definition) is 4. The maximum absolute atomic E-state index is 5.84. The van der Waals surface area contributed by atoms with Crippen molar-refractivity contribution in [3.8, 4) is 0 Å². The van der Waals surface area contributed by atoms with Gasteiger partial charge in [0.15, 0.2) is 0 Å². The molecule has 152 valence electrons. The van der Waals surface area contributed by atoms with Crippen LogP contribution >= 0.6 is 0 Å². The van der Waals surface area contributed by atoms with E-state index in [9.17, 15) is 0 Å². The average molecular weight is 578 g/mol. The zero-order chi connectivity index (χ0) is 17.7. The SMILES string of the molecule is NCCCCCC[I-]N1CCC(CCCC2CCN([I-]N)CC2)CC1. The molecule has 2 saturated heterocycles. The summed E-state index contributed by atoms with van der Waals surface area (Å²) in [5.74, 6) is 2.02. The summed E-state index contributed by atoms with van der Waals surface area (Å²) in [6.07, 6.45) is 15.6. The minimum atomic E-state index is -0.145. The molecule has 0 saturated carbocycles. The number of nitrogens with zero attached hydrogens (tertiary/aromatic N) is 2. The molecule has 4 N–H and O–H groups in total. The van der Waals surface area contributed by atoms with Crippen LogP contribution in [0.1, 0.15) is 70.6 Å². The molecule has 0 aliphatic carbocycles. The Morgan fingerprint density at radius 2 is 1.28 bits per heavy atom. The molecule has 2 aliphatic rings. The monoisotopic (exact) mass is 578 g/mol. The summed E-state index contributed by atoms with van der Waals surface area (Å²) in [5.41, 5.74) is 5.55. The topological polar surface area (TPSA) is 58.5 Å². The summed E-state index contributed by atoms with van der Waals surface area (Å²) in [6, 6.07) is 0. The van der Waals surface area contributed by atoms with Gasteiger partial charge in [-0.2, -0.15) is 0 Å². The third-order valence-electron chi connectivity index (χ3n) is 5.82. The van der Waals surface area contributed by atoms with Gasteiger partial charge in [-0.1, -0.05) is 0 Å². The first-order valence-electron chi connectivity index (χ1n) is 10.4. The molecular formula is C19H40I2N4-2. The predicted octanol–water partition coefficient (Wildman–Crippen LogP) is -3.02. The molecule has 0 amide bonds. The van der Waals surface area contributed by atoms with E-state index in [4.69, 9.17) is 9.68 Å². The second-order valence-electron chi connectivity index (χ2n) is 7.75. The van der Waals surface area contributed by atoms with Crippen molar-refractivity contribution in [1.29, 1.82) is 0 Å². The molecular weight excluding hydrogens is 538 g/mol. The average Bonchev–Trinajstić information content (AvgIpc) is 2.66. The van der Waals surface area contributed by atoms with E-state index in [-0.39, 0.29) is 21.8 Å². The fraction of sp³-hybridized carbons (Fsp3) is 1.00. The Morgan fingerprint density at radius 3 is 1.84 bits per heavy atom. The fourth-order valence-corrected chi connectivity index (χ4v) is 7.98. The maximum atomic E-state index is 5.84. The molecule has 0 aromatic heterocycles. The number of unbranched alkanes of at least 4 members (excludes halogenated alkanes) is 3. The minimum absolute atomic E-state index is 0.145. The Bertz CT molecular complexity index is 317. The molecule has 25 heavy (non-hydrogen) atoms. The van der Waals surface area contributed by atoms with Crippen molar-refractivity contribution in [2.45, 2.75) is 70.6 Å². The second-order valence-corrected chi connectivity index (χ2v) is 12.8. The number of hydrogen-bond donors (Lipinski definition) is 2. The van der Waals surface area contributed by atoms with Crippen molar-refractivity contribution in [1.82, 2.24) is 6.23 Å². The first-order valence-corrected chi connectivity index (χ1v) is 15.1. The molecule has 0 spiro atoms. The van der Waals surface area contributed by atoms with Crippen LogP contribution in [0.15, 0.2) is 0 Å². The van der Waals surface area contributed by atoms with Gasteiger partial charge in [-0.05, 0) is 0 Å². The van der Waals surface area contributed by atoms with E-state index in [1.54, 1.807) is 0 Å². The van der Waals surface area contributed by atoms with Crippen LogP contribution in [0.3, 0.4) is 0 Å². The fourth-order valence-electron chi connectivity index (χ4n) is 4.06. The molecule has 0 radical (unpaired) electrons. The number of alkyl halides is 1. The number of halogens is 2. The van der Waals surface area contributed by atoms with E-state index in [1.807, 2.05) is 0 Å². The van der Waals surface area contributed by atoms with Crippen LogP contribution < -0.4 is 52.9 Å². The molecule has 0 aromatic carbocycles. The second kappa shape index (κ2) is 14.3. The van der Waals surface area contributed by atoms with Crippen LogP contribution in [-0.4, -0.2) is 43.4 Å². The van der Waals surface area contributed by atoms with Gasteiger partial charge in [0.1, 0.15) is 0 Å². The van der Waals surface area contributed by atoms with Gasteiger partial charge >= 0.3 is 179 Å². The molecule has 0 aromatic rings. The number of nitrogens with two attached hydrogens (primary N) is 2. The Morgan fingerprint density at radius 1 is 0.720 bits per heavy atom. The summed E-state index contributed by atoms with van der Waals surface area (Å²) in [6.45, 7) is 6.24. The van der Waals surface area contributed by atoms with Crippen LogP contribution in [0.4, 0.5) is 0 Å². The van der Waals surface area contributed by atoms with E-state index in [2.05, 4.69) is 6.23 Å². The summed E-state index contributed by atoms with van der Waals surface area (Å²) >= 11 is 0.176. The van der Waals surface area contributed by atoms with Crippen molar-refractivity contribution in [2.75, 3.05) is 37.2 Å². The predicted molar refractivity (Wildman–Crippen MR) is 99.0 cm³/mol. The molecule has 0 bridgehead atoms. The normalized spacial score (nSPS) is 22.2. The molecule has 2 aliphatic heterocycles. The number of rotatable bonds is 12. The van der Waals surface area contributed by atoms with Gasteiger partial charge in [0.25, 0.3) is 0 Å². The van der Waals surface area contributed by atoms with E-state index >= 15 is 0 Å². The van der Waals surface area contributed by atoms with Gasteiger partial charge in [0, 0.05) is 0 Å². The molecule has 2 heterocycles. The van der Waals surface area contributed by atoms with Gasteiger partial charge in [-0.3, -0.25) is 0 Å². The zero-order valence-corrected chi connectivity index (χ0v) is 20.3. The van der Waals surface area contributed by atoms with Gasteiger partial charge in [-0.15, -0.1) is 0 Å².